The molecule has 0 heterocycles. The predicted octanol–water partition coefficient (Wildman–Crippen LogP) is 3.69. The Kier molecular flexibility index (Phi) is 5.13. The lowest BCUT2D eigenvalue weighted by Gasteiger charge is -2.09. The maximum Gasteiger partial charge on any atom is 0.169 e. The number of hydrogen-bond acceptors (Lipinski definition) is 2. The Labute approximate surface area is 119 Å². The Morgan fingerprint density at radius 3 is 2.35 bits per heavy atom. The molecule has 0 fully saturated rings. The van der Waals surface area contributed by atoms with E-state index in [2.05, 4.69) is 36.5 Å². The van der Waals surface area contributed by atoms with Gasteiger partial charge in [0.1, 0.15) is 0 Å². The van der Waals surface area contributed by atoms with Crippen LogP contribution in [-0.2, 0) is 19.5 Å². The van der Waals surface area contributed by atoms with Crippen molar-refractivity contribution in [1.29, 1.82) is 0 Å². The van der Waals surface area contributed by atoms with Crippen molar-refractivity contribution in [3.63, 3.8) is 0 Å². The molecule has 2 nitrogen and oxygen atoms in total. The van der Waals surface area contributed by atoms with Gasteiger partial charge in [-0.3, -0.25) is 0 Å². The van der Waals surface area contributed by atoms with E-state index in [-0.39, 0.29) is 11.6 Å². The molecule has 0 amide bonds. The van der Waals surface area contributed by atoms with Crippen LogP contribution in [0, 0.1) is 5.82 Å². The van der Waals surface area contributed by atoms with Crippen LogP contribution in [0.25, 0.3) is 0 Å². The van der Waals surface area contributed by atoms with Crippen molar-refractivity contribution < 1.29 is 9.13 Å². The third-order valence-corrected chi connectivity index (χ3v) is 3.34. The summed E-state index contributed by atoms with van der Waals surface area (Å²) in [5.74, 6) is 0.000398. The predicted molar refractivity (Wildman–Crippen MR) is 79.3 cm³/mol. The molecule has 2 rings (SSSR count). The molecule has 0 aliphatic rings. The molecule has 0 radical (unpaired) electrons. The number of hydrogen-bond donors (Lipinski definition) is 1. The van der Waals surface area contributed by atoms with E-state index in [1.165, 1.54) is 18.2 Å². The summed E-state index contributed by atoms with van der Waals surface area (Å²) in [7, 11) is 1.48. The van der Waals surface area contributed by atoms with E-state index < -0.39 is 0 Å². The van der Waals surface area contributed by atoms with E-state index in [9.17, 15) is 4.39 Å². The maximum atomic E-state index is 13.9. The standard InChI is InChI=1S/C17H20FNO/c1-3-13-7-9-14(10-8-13)11-19-12-15-5-4-6-16(20-2)17(15)18/h4-10,19H,3,11-12H2,1-2H3. The molecule has 106 valence electrons. The van der Waals surface area contributed by atoms with Crippen LogP contribution in [0.4, 0.5) is 4.39 Å². The fourth-order valence-electron chi connectivity index (χ4n) is 2.08. The minimum Gasteiger partial charge on any atom is -0.494 e. The van der Waals surface area contributed by atoms with E-state index in [1.807, 2.05) is 0 Å². The maximum absolute atomic E-state index is 13.9. The highest BCUT2D eigenvalue weighted by molar-refractivity contribution is 5.31. The number of benzene rings is 2. The average Bonchev–Trinajstić information content (AvgIpc) is 2.49. The van der Waals surface area contributed by atoms with Crippen molar-refractivity contribution in [2.75, 3.05) is 7.11 Å². The highest BCUT2D eigenvalue weighted by Crippen LogP contribution is 2.19. The first-order valence-corrected chi connectivity index (χ1v) is 6.84. The Bertz CT molecular complexity index is 551. The summed E-state index contributed by atoms with van der Waals surface area (Å²) in [6, 6.07) is 13.7. The first-order chi connectivity index (χ1) is 9.74. The first kappa shape index (κ1) is 14.5. The van der Waals surface area contributed by atoms with E-state index in [4.69, 9.17) is 4.74 Å². The summed E-state index contributed by atoms with van der Waals surface area (Å²) in [5.41, 5.74) is 3.15. The van der Waals surface area contributed by atoms with Gasteiger partial charge in [0, 0.05) is 18.7 Å². The molecular formula is C17H20FNO. The second-order valence-corrected chi connectivity index (χ2v) is 4.71. The van der Waals surface area contributed by atoms with Gasteiger partial charge < -0.3 is 10.1 Å². The van der Waals surface area contributed by atoms with E-state index in [0.29, 0.717) is 12.1 Å². The molecule has 0 bridgehead atoms. The van der Waals surface area contributed by atoms with Crippen LogP contribution in [0.5, 0.6) is 5.75 Å². The Balaban J connectivity index is 1.92. The molecular weight excluding hydrogens is 253 g/mol. The van der Waals surface area contributed by atoms with Crippen LogP contribution in [0.3, 0.4) is 0 Å². The minimum atomic E-state index is -0.288. The zero-order chi connectivity index (χ0) is 14.4. The Hall–Kier alpha value is -1.87. The van der Waals surface area contributed by atoms with Gasteiger partial charge >= 0.3 is 0 Å². The van der Waals surface area contributed by atoms with Gasteiger partial charge in [0.15, 0.2) is 11.6 Å². The minimum absolute atomic E-state index is 0.288. The lowest BCUT2D eigenvalue weighted by molar-refractivity contribution is 0.383. The molecule has 2 aromatic carbocycles. The molecule has 3 heteroatoms. The second kappa shape index (κ2) is 7.06. The number of nitrogens with one attached hydrogen (secondary N) is 1. The molecule has 0 spiro atoms. The summed E-state index contributed by atoms with van der Waals surface area (Å²) in [6.45, 7) is 3.35. The summed E-state index contributed by atoms with van der Waals surface area (Å²) < 4.78 is 18.9. The van der Waals surface area contributed by atoms with Crippen molar-refractivity contribution in [2.45, 2.75) is 26.4 Å². The van der Waals surface area contributed by atoms with Crippen LogP contribution in [0.2, 0.25) is 0 Å². The smallest absolute Gasteiger partial charge is 0.169 e. The molecule has 2 aromatic rings. The highest BCUT2D eigenvalue weighted by Gasteiger charge is 2.07. The summed E-state index contributed by atoms with van der Waals surface area (Å²) in [5, 5.41) is 3.25. The SMILES string of the molecule is CCc1ccc(CNCc2cccc(OC)c2F)cc1. The number of aryl methyl sites for hydroxylation is 1. The number of methoxy groups -OCH3 is 1. The van der Waals surface area contributed by atoms with Crippen LogP contribution in [0.1, 0.15) is 23.6 Å². The van der Waals surface area contributed by atoms with Crippen molar-refractivity contribution in [1.82, 2.24) is 5.32 Å². The first-order valence-electron chi connectivity index (χ1n) is 6.84. The Morgan fingerprint density at radius 2 is 1.70 bits per heavy atom. The molecule has 0 aliphatic heterocycles. The van der Waals surface area contributed by atoms with Crippen molar-refractivity contribution in [2.24, 2.45) is 0 Å². The number of ether oxygens (including phenoxy) is 1. The number of rotatable bonds is 6. The summed E-state index contributed by atoms with van der Waals surface area (Å²) in [6.07, 6.45) is 1.04. The third kappa shape index (κ3) is 3.58. The van der Waals surface area contributed by atoms with Crippen LogP contribution >= 0.6 is 0 Å². The molecule has 0 aromatic heterocycles. The third-order valence-electron chi connectivity index (χ3n) is 3.34. The van der Waals surface area contributed by atoms with Gasteiger partial charge in [-0.2, -0.15) is 0 Å². The zero-order valence-electron chi connectivity index (χ0n) is 11.9. The monoisotopic (exact) mass is 273 g/mol. The van der Waals surface area contributed by atoms with E-state index in [1.54, 1.807) is 18.2 Å². The largest absolute Gasteiger partial charge is 0.494 e. The molecule has 0 atom stereocenters. The van der Waals surface area contributed by atoms with Gasteiger partial charge in [-0.1, -0.05) is 43.3 Å². The van der Waals surface area contributed by atoms with Gasteiger partial charge in [-0.25, -0.2) is 4.39 Å². The second-order valence-electron chi connectivity index (χ2n) is 4.71. The van der Waals surface area contributed by atoms with Gasteiger partial charge in [-0.15, -0.1) is 0 Å². The van der Waals surface area contributed by atoms with E-state index >= 15 is 0 Å². The molecule has 0 saturated carbocycles. The normalized spacial score (nSPS) is 10.6. The number of halogens is 1. The van der Waals surface area contributed by atoms with Gasteiger partial charge in [0.05, 0.1) is 7.11 Å². The van der Waals surface area contributed by atoms with Gasteiger partial charge in [-0.05, 0) is 23.6 Å². The fraction of sp³-hybridized carbons (Fsp3) is 0.294. The Morgan fingerprint density at radius 1 is 1.00 bits per heavy atom. The van der Waals surface area contributed by atoms with E-state index in [0.717, 1.165) is 13.0 Å². The molecule has 1 N–H and O–H groups in total. The van der Waals surface area contributed by atoms with Crippen molar-refractivity contribution in [3.05, 3.63) is 65.0 Å². The average molecular weight is 273 g/mol. The lowest BCUT2D eigenvalue weighted by atomic mass is 10.1. The van der Waals surface area contributed by atoms with Crippen molar-refractivity contribution >= 4 is 0 Å². The summed E-state index contributed by atoms with van der Waals surface area (Å²) >= 11 is 0. The highest BCUT2D eigenvalue weighted by atomic mass is 19.1. The molecule has 0 aliphatic carbocycles. The van der Waals surface area contributed by atoms with Crippen molar-refractivity contribution in [3.8, 4) is 5.75 Å². The molecule has 20 heavy (non-hydrogen) atoms. The lowest BCUT2D eigenvalue weighted by Crippen LogP contribution is -2.14. The quantitative estimate of drug-likeness (QED) is 0.866. The topological polar surface area (TPSA) is 21.3 Å². The fourth-order valence-corrected chi connectivity index (χ4v) is 2.08. The van der Waals surface area contributed by atoms with Crippen LogP contribution < -0.4 is 10.1 Å². The van der Waals surface area contributed by atoms with Gasteiger partial charge in [0.25, 0.3) is 0 Å². The molecule has 0 saturated heterocycles. The summed E-state index contributed by atoms with van der Waals surface area (Å²) in [4.78, 5) is 0. The van der Waals surface area contributed by atoms with Crippen LogP contribution in [-0.4, -0.2) is 7.11 Å². The van der Waals surface area contributed by atoms with Crippen LogP contribution in [0.15, 0.2) is 42.5 Å². The zero-order valence-corrected chi connectivity index (χ0v) is 11.9. The van der Waals surface area contributed by atoms with Gasteiger partial charge in [0.2, 0.25) is 0 Å². The molecule has 0 unspecified atom stereocenters.